The summed E-state index contributed by atoms with van der Waals surface area (Å²) < 4.78 is 58.3. The van der Waals surface area contributed by atoms with Crippen LogP contribution < -0.4 is 11.1 Å². The molecular formula is C27H19F4N3O2. The first-order chi connectivity index (χ1) is 17.2. The molecule has 5 rings (SSSR count). The van der Waals surface area contributed by atoms with Crippen LogP contribution in [-0.2, 0) is 14.1 Å². The number of alkyl halides is 2. The van der Waals surface area contributed by atoms with Crippen LogP contribution in [0, 0.1) is 11.6 Å². The average molecular weight is 493 g/mol. The number of aryl methyl sites for hydroxylation is 2. The lowest BCUT2D eigenvalue weighted by Gasteiger charge is -2.16. The van der Waals surface area contributed by atoms with E-state index in [2.05, 4.69) is 4.98 Å². The molecule has 0 bridgehead atoms. The van der Waals surface area contributed by atoms with Crippen molar-refractivity contribution in [3.05, 3.63) is 105 Å². The number of hydrogen-bond donors (Lipinski definition) is 1. The first-order valence-corrected chi connectivity index (χ1v) is 10.9. The first kappa shape index (κ1) is 23.3. The molecule has 5 nitrogen and oxygen atoms in total. The normalized spacial score (nSPS) is 11.5. The van der Waals surface area contributed by atoms with Crippen molar-refractivity contribution in [3.8, 4) is 33.5 Å². The zero-order chi connectivity index (χ0) is 25.7. The van der Waals surface area contributed by atoms with E-state index in [-0.39, 0.29) is 33.5 Å². The molecule has 2 aromatic carbocycles. The third-order valence-electron chi connectivity index (χ3n) is 6.19. The Morgan fingerprint density at radius 1 is 0.778 bits per heavy atom. The highest BCUT2D eigenvalue weighted by Gasteiger charge is 2.21. The predicted molar refractivity (Wildman–Crippen MR) is 130 cm³/mol. The minimum absolute atomic E-state index is 0.0489. The molecule has 0 atom stereocenters. The Morgan fingerprint density at radius 3 is 2.22 bits per heavy atom. The Morgan fingerprint density at radius 2 is 1.50 bits per heavy atom. The number of fused-ring (bicyclic) bond motifs is 1. The third-order valence-corrected chi connectivity index (χ3v) is 6.19. The van der Waals surface area contributed by atoms with E-state index in [1.807, 2.05) is 0 Å². The largest absolute Gasteiger partial charge is 0.350 e. The van der Waals surface area contributed by atoms with Crippen molar-refractivity contribution in [2.24, 2.45) is 14.1 Å². The predicted octanol–water partition coefficient (Wildman–Crippen LogP) is 5.78. The number of hydrogen-bond acceptors (Lipinski definition) is 2. The molecule has 182 valence electrons. The van der Waals surface area contributed by atoms with E-state index < -0.39 is 23.6 Å². The average Bonchev–Trinajstić information content (AvgIpc) is 3.28. The zero-order valence-electron chi connectivity index (χ0n) is 19.2. The number of benzene rings is 2. The maximum Gasteiger partial charge on any atom is 0.274 e. The van der Waals surface area contributed by atoms with Crippen molar-refractivity contribution in [2.75, 3.05) is 0 Å². The fraction of sp³-hybridized carbons (Fsp3) is 0.111. The van der Waals surface area contributed by atoms with Gasteiger partial charge in [0.2, 0.25) is 0 Å². The molecule has 0 amide bonds. The first-order valence-electron chi connectivity index (χ1n) is 10.9. The van der Waals surface area contributed by atoms with Crippen LogP contribution in [0.15, 0.2) is 76.6 Å². The Hall–Kier alpha value is -4.40. The summed E-state index contributed by atoms with van der Waals surface area (Å²) in [5.41, 5.74) is 0.740. The van der Waals surface area contributed by atoms with Crippen molar-refractivity contribution in [3.63, 3.8) is 0 Å². The van der Waals surface area contributed by atoms with Gasteiger partial charge < -0.3 is 14.1 Å². The summed E-state index contributed by atoms with van der Waals surface area (Å²) in [6.45, 7) is 0. The Bertz CT molecular complexity index is 1770. The monoisotopic (exact) mass is 493 g/mol. The van der Waals surface area contributed by atoms with Crippen molar-refractivity contribution in [1.82, 2.24) is 14.1 Å². The highest BCUT2D eigenvalue weighted by atomic mass is 19.3. The van der Waals surface area contributed by atoms with E-state index >= 15 is 0 Å². The van der Waals surface area contributed by atoms with Gasteiger partial charge in [-0.3, -0.25) is 9.59 Å². The molecule has 0 radical (unpaired) electrons. The van der Waals surface area contributed by atoms with Crippen LogP contribution in [0.25, 0.3) is 44.4 Å². The number of aromatic amines is 1. The highest BCUT2D eigenvalue weighted by molar-refractivity contribution is 6.01. The van der Waals surface area contributed by atoms with Gasteiger partial charge in [-0.25, -0.2) is 17.6 Å². The second-order valence-electron chi connectivity index (χ2n) is 8.49. The van der Waals surface area contributed by atoms with Crippen LogP contribution >= 0.6 is 0 Å². The van der Waals surface area contributed by atoms with Crippen molar-refractivity contribution < 1.29 is 17.6 Å². The number of nitrogens with zero attached hydrogens (tertiary/aromatic N) is 2. The molecular weight excluding hydrogens is 474 g/mol. The number of nitrogens with one attached hydrogen (secondary N) is 1. The molecule has 0 aliphatic heterocycles. The fourth-order valence-electron chi connectivity index (χ4n) is 4.40. The molecule has 0 aliphatic rings. The number of pyridine rings is 2. The maximum absolute atomic E-state index is 14.5. The van der Waals surface area contributed by atoms with E-state index in [0.29, 0.717) is 22.1 Å². The third kappa shape index (κ3) is 3.82. The highest BCUT2D eigenvalue weighted by Crippen LogP contribution is 2.39. The molecule has 0 aliphatic carbocycles. The van der Waals surface area contributed by atoms with Crippen molar-refractivity contribution >= 4 is 10.9 Å². The summed E-state index contributed by atoms with van der Waals surface area (Å²) in [6, 6.07) is 11.9. The second-order valence-corrected chi connectivity index (χ2v) is 8.49. The molecule has 0 unspecified atom stereocenters. The van der Waals surface area contributed by atoms with Crippen LogP contribution in [0.4, 0.5) is 17.6 Å². The van der Waals surface area contributed by atoms with Gasteiger partial charge in [0.25, 0.3) is 17.5 Å². The van der Waals surface area contributed by atoms with Gasteiger partial charge in [0.15, 0.2) is 0 Å². The molecule has 0 saturated carbocycles. The van der Waals surface area contributed by atoms with E-state index in [0.717, 1.165) is 12.1 Å². The number of H-pyrrole nitrogens is 1. The summed E-state index contributed by atoms with van der Waals surface area (Å²) in [6.07, 6.45) is 0.224. The van der Waals surface area contributed by atoms with Crippen molar-refractivity contribution in [2.45, 2.75) is 6.43 Å². The van der Waals surface area contributed by atoms with E-state index in [9.17, 15) is 27.2 Å². The van der Waals surface area contributed by atoms with E-state index in [4.69, 9.17) is 0 Å². The standard InChI is InChI=1S/C27H19F4N3O2/c1-33-12-20(15-5-3-4-6-16(15)26(30)31)18(11-24(33)35)21-13-34(2)27(36)25-19(21)10-23(32-25)17-8-7-14(28)9-22(17)29/h3-13,26,32H,1-2H3. The molecule has 9 heteroatoms. The van der Waals surface area contributed by atoms with Crippen LogP contribution in [-0.4, -0.2) is 14.1 Å². The van der Waals surface area contributed by atoms with Gasteiger partial charge in [-0.15, -0.1) is 0 Å². The smallest absolute Gasteiger partial charge is 0.274 e. The second kappa shape index (κ2) is 8.67. The lowest BCUT2D eigenvalue weighted by Crippen LogP contribution is -2.18. The summed E-state index contributed by atoms with van der Waals surface area (Å²) in [4.78, 5) is 28.5. The molecule has 0 fully saturated rings. The number of aromatic nitrogens is 3. The number of halogens is 4. The lowest BCUT2D eigenvalue weighted by molar-refractivity contribution is 0.152. The molecule has 36 heavy (non-hydrogen) atoms. The van der Waals surface area contributed by atoms with Gasteiger partial charge in [-0.05, 0) is 29.3 Å². The Kier molecular flexibility index (Phi) is 5.62. The van der Waals surface area contributed by atoms with Gasteiger partial charge in [-0.2, -0.15) is 0 Å². The molecule has 3 heterocycles. The summed E-state index contributed by atoms with van der Waals surface area (Å²) in [5.74, 6) is -1.56. The van der Waals surface area contributed by atoms with E-state index in [1.165, 1.54) is 66.0 Å². The maximum atomic E-state index is 14.5. The van der Waals surface area contributed by atoms with Gasteiger partial charge in [-0.1, -0.05) is 24.3 Å². The topological polar surface area (TPSA) is 59.8 Å². The summed E-state index contributed by atoms with van der Waals surface area (Å²) in [7, 11) is 3.03. The minimum Gasteiger partial charge on any atom is -0.350 e. The number of rotatable bonds is 4. The Labute approximate surface area is 201 Å². The van der Waals surface area contributed by atoms with Gasteiger partial charge in [0.05, 0.1) is 0 Å². The minimum atomic E-state index is -2.76. The SMILES string of the molecule is Cn1cc(-c2ccccc2C(F)F)c(-c2cn(C)c(=O)c3[nH]c(-c4ccc(F)cc4F)cc23)cc1=O. The van der Waals surface area contributed by atoms with E-state index in [1.54, 1.807) is 12.1 Å². The van der Waals surface area contributed by atoms with Crippen LogP contribution in [0.1, 0.15) is 12.0 Å². The molecule has 0 spiro atoms. The van der Waals surface area contributed by atoms with Crippen LogP contribution in [0.2, 0.25) is 0 Å². The summed E-state index contributed by atoms with van der Waals surface area (Å²) in [5, 5.41) is 0.362. The van der Waals surface area contributed by atoms with Crippen LogP contribution in [0.5, 0.6) is 0 Å². The molecule has 0 saturated heterocycles. The molecule has 1 N–H and O–H groups in total. The van der Waals surface area contributed by atoms with Gasteiger partial charge in [0.1, 0.15) is 17.2 Å². The Balaban J connectivity index is 1.85. The van der Waals surface area contributed by atoms with Gasteiger partial charge in [0, 0.05) is 72.0 Å². The lowest BCUT2D eigenvalue weighted by atomic mass is 9.92. The fourth-order valence-corrected chi connectivity index (χ4v) is 4.40. The summed E-state index contributed by atoms with van der Waals surface area (Å²) >= 11 is 0. The van der Waals surface area contributed by atoms with Crippen LogP contribution in [0.3, 0.4) is 0 Å². The molecule has 3 aromatic heterocycles. The van der Waals surface area contributed by atoms with Gasteiger partial charge >= 0.3 is 0 Å². The molecule has 5 aromatic rings. The quantitative estimate of drug-likeness (QED) is 0.323. The van der Waals surface area contributed by atoms with Crippen molar-refractivity contribution in [1.29, 1.82) is 0 Å². The zero-order valence-corrected chi connectivity index (χ0v) is 19.2.